The first-order valence-corrected chi connectivity index (χ1v) is 8.87. The van der Waals surface area contributed by atoms with Crippen LogP contribution in [0, 0.1) is 0 Å². The van der Waals surface area contributed by atoms with Crippen molar-refractivity contribution in [1.29, 1.82) is 0 Å². The number of para-hydroxylation sites is 1. The molecular formula is C20H24N4O3. The monoisotopic (exact) mass is 368 g/mol. The Morgan fingerprint density at radius 3 is 2.96 bits per heavy atom. The Hall–Kier alpha value is -2.90. The number of anilines is 1. The fourth-order valence-corrected chi connectivity index (χ4v) is 3.18. The molecule has 0 saturated carbocycles. The number of hydroxylamine groups is 1. The first-order chi connectivity index (χ1) is 13.2. The van der Waals surface area contributed by atoms with Crippen molar-refractivity contribution in [2.24, 2.45) is 0 Å². The second kappa shape index (κ2) is 9.16. The van der Waals surface area contributed by atoms with E-state index in [1.165, 1.54) is 11.6 Å². The summed E-state index contributed by atoms with van der Waals surface area (Å²) in [5.41, 5.74) is 3.53. The molecule has 1 atom stereocenters. The SMILES string of the molecule is COc1ccccc1CN1CC[C@@H](Nc2ccc(C=CC(=O)NO)cn2)C1. The Labute approximate surface area is 158 Å². The quantitative estimate of drug-likeness (QED) is 0.395. The highest BCUT2D eigenvalue weighted by atomic mass is 16.5. The fraction of sp³-hybridized carbons (Fsp3) is 0.300. The second-order valence-electron chi connectivity index (χ2n) is 6.46. The molecule has 142 valence electrons. The zero-order valence-electron chi connectivity index (χ0n) is 15.3. The predicted octanol–water partition coefficient (Wildman–Crippen LogP) is 2.30. The number of hydrogen-bond donors (Lipinski definition) is 3. The summed E-state index contributed by atoms with van der Waals surface area (Å²) >= 11 is 0. The van der Waals surface area contributed by atoms with Gasteiger partial charge < -0.3 is 10.1 Å². The number of methoxy groups -OCH3 is 1. The van der Waals surface area contributed by atoms with Gasteiger partial charge in [0.15, 0.2) is 0 Å². The number of benzene rings is 1. The molecule has 0 bridgehead atoms. The number of rotatable bonds is 7. The number of nitrogens with one attached hydrogen (secondary N) is 2. The van der Waals surface area contributed by atoms with Gasteiger partial charge in [0.1, 0.15) is 11.6 Å². The lowest BCUT2D eigenvalue weighted by Crippen LogP contribution is -2.26. The average molecular weight is 368 g/mol. The largest absolute Gasteiger partial charge is 0.496 e. The fourth-order valence-electron chi connectivity index (χ4n) is 3.18. The minimum Gasteiger partial charge on any atom is -0.496 e. The Balaban J connectivity index is 1.52. The first-order valence-electron chi connectivity index (χ1n) is 8.87. The highest BCUT2D eigenvalue weighted by Gasteiger charge is 2.23. The van der Waals surface area contributed by atoms with Crippen LogP contribution in [0.1, 0.15) is 17.5 Å². The summed E-state index contributed by atoms with van der Waals surface area (Å²) in [5.74, 6) is 1.16. The first kappa shape index (κ1) is 18.9. The van der Waals surface area contributed by atoms with Gasteiger partial charge in [0.05, 0.1) is 7.11 Å². The van der Waals surface area contributed by atoms with E-state index in [2.05, 4.69) is 21.3 Å². The van der Waals surface area contributed by atoms with Crippen molar-refractivity contribution < 1.29 is 14.7 Å². The van der Waals surface area contributed by atoms with Gasteiger partial charge in [-0.3, -0.25) is 14.9 Å². The van der Waals surface area contributed by atoms with Crippen LogP contribution in [0.3, 0.4) is 0 Å². The smallest absolute Gasteiger partial charge is 0.267 e. The summed E-state index contributed by atoms with van der Waals surface area (Å²) in [6, 6.07) is 12.2. The van der Waals surface area contributed by atoms with Crippen molar-refractivity contribution in [2.75, 3.05) is 25.5 Å². The van der Waals surface area contributed by atoms with Gasteiger partial charge >= 0.3 is 0 Å². The number of carbonyl (C=O) groups is 1. The van der Waals surface area contributed by atoms with E-state index in [9.17, 15) is 4.79 Å². The number of nitrogens with zero attached hydrogens (tertiary/aromatic N) is 2. The minimum absolute atomic E-state index is 0.341. The van der Waals surface area contributed by atoms with Crippen LogP contribution in [0.25, 0.3) is 6.08 Å². The van der Waals surface area contributed by atoms with Gasteiger partial charge in [-0.2, -0.15) is 0 Å². The number of ether oxygens (including phenoxy) is 1. The lowest BCUT2D eigenvalue weighted by atomic mass is 10.2. The van der Waals surface area contributed by atoms with E-state index in [0.29, 0.717) is 6.04 Å². The molecule has 2 aromatic rings. The molecule has 3 rings (SSSR count). The molecule has 1 aliphatic rings. The van der Waals surface area contributed by atoms with Crippen molar-refractivity contribution in [3.63, 3.8) is 0 Å². The average Bonchev–Trinajstić information content (AvgIpc) is 3.14. The van der Waals surface area contributed by atoms with Crippen LogP contribution in [0.15, 0.2) is 48.7 Å². The van der Waals surface area contributed by atoms with E-state index in [1.807, 2.05) is 30.3 Å². The summed E-state index contributed by atoms with van der Waals surface area (Å²) in [6.45, 7) is 2.83. The van der Waals surface area contributed by atoms with Crippen molar-refractivity contribution in [3.05, 3.63) is 59.8 Å². The molecule has 27 heavy (non-hydrogen) atoms. The highest BCUT2D eigenvalue weighted by molar-refractivity contribution is 5.90. The molecule has 0 unspecified atom stereocenters. The van der Waals surface area contributed by atoms with E-state index in [0.717, 1.165) is 43.2 Å². The third-order valence-corrected chi connectivity index (χ3v) is 4.53. The molecular weight excluding hydrogens is 344 g/mol. The van der Waals surface area contributed by atoms with Gasteiger partial charge in [0.2, 0.25) is 0 Å². The zero-order valence-corrected chi connectivity index (χ0v) is 15.3. The van der Waals surface area contributed by atoms with E-state index < -0.39 is 5.91 Å². The summed E-state index contributed by atoms with van der Waals surface area (Å²) < 4.78 is 5.43. The molecule has 1 amide bonds. The van der Waals surface area contributed by atoms with Gasteiger partial charge in [-0.25, -0.2) is 10.5 Å². The summed E-state index contributed by atoms with van der Waals surface area (Å²) in [6.07, 6.45) is 5.57. The number of amides is 1. The third kappa shape index (κ3) is 5.29. The molecule has 3 N–H and O–H groups in total. The van der Waals surface area contributed by atoms with Gasteiger partial charge in [0, 0.05) is 43.5 Å². The topological polar surface area (TPSA) is 86.7 Å². The van der Waals surface area contributed by atoms with Crippen LogP contribution in [0.4, 0.5) is 5.82 Å². The van der Waals surface area contributed by atoms with Gasteiger partial charge in [0.25, 0.3) is 5.91 Å². The molecule has 7 nitrogen and oxygen atoms in total. The van der Waals surface area contributed by atoms with E-state index >= 15 is 0 Å². The number of pyridine rings is 1. The van der Waals surface area contributed by atoms with Gasteiger partial charge in [-0.05, 0) is 36.3 Å². The molecule has 0 spiro atoms. The Morgan fingerprint density at radius 1 is 1.37 bits per heavy atom. The molecule has 1 fully saturated rings. The predicted molar refractivity (Wildman–Crippen MR) is 103 cm³/mol. The molecule has 1 saturated heterocycles. The van der Waals surface area contributed by atoms with Crippen molar-refractivity contribution >= 4 is 17.8 Å². The Morgan fingerprint density at radius 2 is 2.22 bits per heavy atom. The summed E-state index contributed by atoms with van der Waals surface area (Å²) in [7, 11) is 1.70. The number of likely N-dealkylation sites (tertiary alicyclic amines) is 1. The van der Waals surface area contributed by atoms with Crippen LogP contribution >= 0.6 is 0 Å². The molecule has 1 aliphatic heterocycles. The number of hydrogen-bond acceptors (Lipinski definition) is 6. The molecule has 0 aliphatic carbocycles. The van der Waals surface area contributed by atoms with E-state index in [-0.39, 0.29) is 0 Å². The Kier molecular flexibility index (Phi) is 6.40. The van der Waals surface area contributed by atoms with E-state index in [1.54, 1.807) is 24.9 Å². The van der Waals surface area contributed by atoms with Gasteiger partial charge in [-0.15, -0.1) is 0 Å². The third-order valence-electron chi connectivity index (χ3n) is 4.53. The van der Waals surface area contributed by atoms with Crippen LogP contribution in [0.2, 0.25) is 0 Å². The normalized spacial score (nSPS) is 17.2. The molecule has 0 radical (unpaired) electrons. The maximum atomic E-state index is 11.0. The van der Waals surface area contributed by atoms with Crippen LogP contribution < -0.4 is 15.5 Å². The summed E-state index contributed by atoms with van der Waals surface area (Å²) in [4.78, 5) is 17.8. The highest BCUT2D eigenvalue weighted by Crippen LogP contribution is 2.22. The lowest BCUT2D eigenvalue weighted by molar-refractivity contribution is -0.124. The van der Waals surface area contributed by atoms with Crippen LogP contribution in [0.5, 0.6) is 5.75 Å². The van der Waals surface area contributed by atoms with E-state index in [4.69, 9.17) is 9.94 Å². The maximum Gasteiger partial charge on any atom is 0.267 e. The van der Waals surface area contributed by atoms with Crippen LogP contribution in [-0.4, -0.2) is 47.2 Å². The lowest BCUT2D eigenvalue weighted by Gasteiger charge is -2.18. The molecule has 2 heterocycles. The minimum atomic E-state index is -0.571. The number of aromatic nitrogens is 1. The molecule has 1 aromatic carbocycles. The van der Waals surface area contributed by atoms with Crippen molar-refractivity contribution in [2.45, 2.75) is 19.0 Å². The van der Waals surface area contributed by atoms with Gasteiger partial charge in [-0.1, -0.05) is 18.2 Å². The van der Waals surface area contributed by atoms with Crippen molar-refractivity contribution in [3.8, 4) is 5.75 Å². The zero-order chi connectivity index (χ0) is 19.1. The summed E-state index contributed by atoms with van der Waals surface area (Å²) in [5, 5.41) is 11.9. The standard InChI is InChI=1S/C20H24N4O3/c1-27-18-5-3-2-4-16(18)13-24-11-10-17(14-24)22-19-8-6-15(12-21-19)7-9-20(25)23-26/h2-9,12,17,26H,10-11,13-14H2,1H3,(H,21,22)(H,23,25)/t17-/m1/s1. The van der Waals surface area contributed by atoms with Crippen LogP contribution in [-0.2, 0) is 11.3 Å². The number of carbonyl (C=O) groups excluding carboxylic acids is 1. The van der Waals surface area contributed by atoms with Crippen molar-refractivity contribution in [1.82, 2.24) is 15.4 Å². The second-order valence-corrected chi connectivity index (χ2v) is 6.46. The Bertz CT molecular complexity index is 792. The molecule has 7 heteroatoms. The molecule has 1 aromatic heterocycles. The maximum absolute atomic E-state index is 11.0.